The van der Waals surface area contributed by atoms with Crippen molar-refractivity contribution in [2.24, 2.45) is 5.92 Å². The molecule has 0 fully saturated rings. The van der Waals surface area contributed by atoms with Gasteiger partial charge in [-0.25, -0.2) is 0 Å². The molecule has 0 spiro atoms. The quantitative estimate of drug-likeness (QED) is 0.769. The van der Waals surface area contributed by atoms with Crippen LogP contribution < -0.4 is 20.1 Å². The SMILES string of the molecule is CNCc1ccc(OC)cc1OCC(=O)NC(C)C(C)C. The molecule has 1 atom stereocenters. The van der Waals surface area contributed by atoms with E-state index < -0.39 is 0 Å². The van der Waals surface area contributed by atoms with Gasteiger partial charge < -0.3 is 20.1 Å². The molecule has 5 nitrogen and oxygen atoms in total. The third-order valence-electron chi connectivity index (χ3n) is 3.39. The Balaban J connectivity index is 2.66. The average molecular weight is 294 g/mol. The predicted molar refractivity (Wildman–Crippen MR) is 83.7 cm³/mol. The Morgan fingerprint density at radius 3 is 2.57 bits per heavy atom. The monoisotopic (exact) mass is 294 g/mol. The van der Waals surface area contributed by atoms with Gasteiger partial charge in [0, 0.05) is 24.2 Å². The van der Waals surface area contributed by atoms with Gasteiger partial charge in [-0.15, -0.1) is 0 Å². The number of benzene rings is 1. The van der Waals surface area contributed by atoms with E-state index in [2.05, 4.69) is 24.5 Å². The lowest BCUT2D eigenvalue weighted by Crippen LogP contribution is -2.39. The van der Waals surface area contributed by atoms with E-state index in [1.165, 1.54) is 0 Å². The molecule has 2 N–H and O–H groups in total. The van der Waals surface area contributed by atoms with Crippen LogP contribution in [-0.4, -0.2) is 32.7 Å². The van der Waals surface area contributed by atoms with Crippen LogP contribution >= 0.6 is 0 Å². The van der Waals surface area contributed by atoms with Crippen molar-refractivity contribution in [3.63, 3.8) is 0 Å². The summed E-state index contributed by atoms with van der Waals surface area (Å²) in [6.07, 6.45) is 0. The van der Waals surface area contributed by atoms with Crippen LogP contribution in [-0.2, 0) is 11.3 Å². The summed E-state index contributed by atoms with van der Waals surface area (Å²) in [5.41, 5.74) is 0.989. The van der Waals surface area contributed by atoms with Crippen LogP contribution in [0.15, 0.2) is 18.2 Å². The molecule has 1 unspecified atom stereocenters. The molecule has 0 radical (unpaired) electrons. The second-order valence-corrected chi connectivity index (χ2v) is 5.39. The fraction of sp³-hybridized carbons (Fsp3) is 0.562. The first-order valence-corrected chi connectivity index (χ1v) is 7.21. The molecule has 21 heavy (non-hydrogen) atoms. The highest BCUT2D eigenvalue weighted by atomic mass is 16.5. The molecule has 1 aromatic carbocycles. The Bertz CT molecular complexity index is 461. The van der Waals surface area contributed by atoms with Gasteiger partial charge >= 0.3 is 0 Å². The van der Waals surface area contributed by atoms with E-state index in [-0.39, 0.29) is 18.6 Å². The number of rotatable bonds is 8. The van der Waals surface area contributed by atoms with Crippen molar-refractivity contribution in [3.8, 4) is 11.5 Å². The summed E-state index contributed by atoms with van der Waals surface area (Å²) in [5.74, 6) is 1.65. The minimum absolute atomic E-state index is 0.000934. The molecule has 0 aliphatic heterocycles. The van der Waals surface area contributed by atoms with Crippen molar-refractivity contribution in [3.05, 3.63) is 23.8 Å². The first kappa shape index (κ1) is 17.3. The van der Waals surface area contributed by atoms with E-state index in [4.69, 9.17) is 9.47 Å². The van der Waals surface area contributed by atoms with Gasteiger partial charge in [-0.1, -0.05) is 19.9 Å². The van der Waals surface area contributed by atoms with Crippen LogP contribution in [0.1, 0.15) is 26.3 Å². The second-order valence-electron chi connectivity index (χ2n) is 5.39. The minimum atomic E-state index is -0.116. The minimum Gasteiger partial charge on any atom is -0.497 e. The molecule has 0 aromatic heterocycles. The Morgan fingerprint density at radius 1 is 1.29 bits per heavy atom. The predicted octanol–water partition coefficient (Wildman–Crippen LogP) is 1.95. The lowest BCUT2D eigenvalue weighted by molar-refractivity contribution is -0.124. The summed E-state index contributed by atoms with van der Waals surface area (Å²) in [5, 5.41) is 5.99. The van der Waals surface area contributed by atoms with Gasteiger partial charge in [-0.3, -0.25) is 4.79 Å². The van der Waals surface area contributed by atoms with Gasteiger partial charge in [0.1, 0.15) is 11.5 Å². The van der Waals surface area contributed by atoms with Crippen LogP contribution in [0, 0.1) is 5.92 Å². The van der Waals surface area contributed by atoms with Gasteiger partial charge in [0.25, 0.3) is 5.91 Å². The van der Waals surface area contributed by atoms with Gasteiger partial charge in [0.15, 0.2) is 6.61 Å². The summed E-state index contributed by atoms with van der Waals surface area (Å²) in [7, 11) is 3.47. The lowest BCUT2D eigenvalue weighted by Gasteiger charge is -2.18. The highest BCUT2D eigenvalue weighted by Gasteiger charge is 2.12. The molecule has 0 heterocycles. The number of nitrogens with one attached hydrogen (secondary N) is 2. The molecule has 1 rings (SSSR count). The Hall–Kier alpha value is -1.75. The molecule has 1 amide bonds. The second kappa shape index (κ2) is 8.52. The standard InChI is InChI=1S/C16H26N2O3/c1-11(2)12(3)18-16(19)10-21-15-8-14(20-5)7-6-13(15)9-17-4/h6-8,11-12,17H,9-10H2,1-5H3,(H,18,19). The van der Waals surface area contributed by atoms with Crippen LogP contribution in [0.2, 0.25) is 0 Å². The van der Waals surface area contributed by atoms with Crippen LogP contribution in [0.4, 0.5) is 0 Å². The maximum absolute atomic E-state index is 11.9. The normalized spacial score (nSPS) is 12.1. The van der Waals surface area contributed by atoms with Gasteiger partial charge in [0.2, 0.25) is 0 Å². The zero-order valence-corrected chi connectivity index (χ0v) is 13.5. The Labute approximate surface area is 127 Å². The van der Waals surface area contributed by atoms with Crippen molar-refractivity contribution in [2.75, 3.05) is 20.8 Å². The fourth-order valence-electron chi connectivity index (χ4n) is 1.74. The average Bonchev–Trinajstić information content (AvgIpc) is 2.46. The summed E-state index contributed by atoms with van der Waals surface area (Å²) in [6, 6.07) is 5.73. The third kappa shape index (κ3) is 5.63. The number of ether oxygens (including phenoxy) is 2. The maximum atomic E-state index is 11.9. The lowest BCUT2D eigenvalue weighted by atomic mass is 10.1. The van der Waals surface area contributed by atoms with E-state index in [0.29, 0.717) is 24.0 Å². The number of methoxy groups -OCH3 is 1. The Kier molecular flexibility index (Phi) is 7.02. The smallest absolute Gasteiger partial charge is 0.258 e. The van der Waals surface area contributed by atoms with Crippen molar-refractivity contribution in [1.29, 1.82) is 0 Å². The third-order valence-corrected chi connectivity index (χ3v) is 3.39. The molecule has 0 saturated carbocycles. The zero-order valence-electron chi connectivity index (χ0n) is 13.5. The highest BCUT2D eigenvalue weighted by molar-refractivity contribution is 5.77. The van der Waals surface area contributed by atoms with Crippen LogP contribution in [0.25, 0.3) is 0 Å². The van der Waals surface area contributed by atoms with Gasteiger partial charge in [0.05, 0.1) is 7.11 Å². The van der Waals surface area contributed by atoms with E-state index in [0.717, 1.165) is 5.56 Å². The maximum Gasteiger partial charge on any atom is 0.258 e. The first-order valence-electron chi connectivity index (χ1n) is 7.21. The molecule has 1 aromatic rings. The van der Waals surface area contributed by atoms with E-state index >= 15 is 0 Å². The van der Waals surface area contributed by atoms with Crippen molar-refractivity contribution >= 4 is 5.91 Å². The molecule has 0 saturated heterocycles. The fourth-order valence-corrected chi connectivity index (χ4v) is 1.74. The summed E-state index contributed by atoms with van der Waals surface area (Å²) >= 11 is 0. The van der Waals surface area contributed by atoms with Crippen LogP contribution in [0.5, 0.6) is 11.5 Å². The number of carbonyl (C=O) groups excluding carboxylic acids is 1. The molecule has 5 heteroatoms. The summed E-state index contributed by atoms with van der Waals surface area (Å²) < 4.78 is 10.8. The van der Waals surface area contributed by atoms with E-state index in [1.54, 1.807) is 13.2 Å². The molecular weight excluding hydrogens is 268 g/mol. The van der Waals surface area contributed by atoms with Gasteiger partial charge in [-0.2, -0.15) is 0 Å². The van der Waals surface area contributed by atoms with E-state index in [9.17, 15) is 4.79 Å². The topological polar surface area (TPSA) is 59.6 Å². The zero-order chi connectivity index (χ0) is 15.8. The number of amides is 1. The molecular formula is C16H26N2O3. The number of hydrogen-bond donors (Lipinski definition) is 2. The summed E-state index contributed by atoms with van der Waals surface area (Å²) in [6.45, 7) is 6.79. The van der Waals surface area contributed by atoms with Crippen LogP contribution in [0.3, 0.4) is 0 Å². The number of hydrogen-bond acceptors (Lipinski definition) is 4. The Morgan fingerprint density at radius 2 is 2.00 bits per heavy atom. The van der Waals surface area contributed by atoms with Crippen molar-refractivity contribution in [1.82, 2.24) is 10.6 Å². The van der Waals surface area contributed by atoms with Gasteiger partial charge in [-0.05, 0) is 26.0 Å². The first-order chi connectivity index (χ1) is 9.97. The van der Waals surface area contributed by atoms with Crippen molar-refractivity contribution < 1.29 is 14.3 Å². The highest BCUT2D eigenvalue weighted by Crippen LogP contribution is 2.24. The number of carbonyl (C=O) groups is 1. The molecule has 0 bridgehead atoms. The largest absolute Gasteiger partial charge is 0.497 e. The van der Waals surface area contributed by atoms with E-state index in [1.807, 2.05) is 26.1 Å². The molecule has 0 aliphatic carbocycles. The van der Waals surface area contributed by atoms with Crippen molar-refractivity contribution in [2.45, 2.75) is 33.4 Å². The molecule has 118 valence electrons. The molecule has 0 aliphatic rings. The summed E-state index contributed by atoms with van der Waals surface area (Å²) in [4.78, 5) is 11.9.